The number of hydrogen-bond donors (Lipinski definition) is 0. The van der Waals surface area contributed by atoms with Crippen LogP contribution < -0.4 is 0 Å². The van der Waals surface area contributed by atoms with Gasteiger partial charge in [-0.2, -0.15) is 0 Å². The molecule has 0 saturated heterocycles. The van der Waals surface area contributed by atoms with Gasteiger partial charge in [0.15, 0.2) is 0 Å². The van der Waals surface area contributed by atoms with E-state index in [4.69, 9.17) is 0 Å². The first-order valence-corrected chi connectivity index (χ1v) is 15.0. The summed E-state index contributed by atoms with van der Waals surface area (Å²) in [4.78, 5) is 0. The Bertz CT molecular complexity index is 721. The molecular formula is C34H56N+. The molecule has 1 heteroatoms. The van der Waals surface area contributed by atoms with Crippen LogP contribution in [0, 0.1) is 0 Å². The summed E-state index contributed by atoms with van der Waals surface area (Å²) in [5, 5.41) is 0. The Kier molecular flexibility index (Phi) is 15.8. The van der Waals surface area contributed by atoms with E-state index in [1.165, 1.54) is 120 Å². The lowest BCUT2D eigenvalue weighted by Crippen LogP contribution is -2.44. The summed E-state index contributed by atoms with van der Waals surface area (Å²) in [5.41, 5.74) is 2.91. The lowest BCUT2D eigenvalue weighted by atomic mass is 9.95. The highest BCUT2D eigenvalue weighted by atomic mass is 15.3. The number of quaternary nitrogens is 1. The standard InChI is InChI=1S/C34H56N/c1-4-5-6-7-8-9-10-11-12-13-14-15-16-17-18-25-30-35(2,3)34(33-28-23-20-24-29-33)31-32-26-21-19-22-27-32/h19-24,26-29,34H,4-18,25,30-31H2,1-3H3/q+1. The molecule has 1 atom stereocenters. The monoisotopic (exact) mass is 478 g/mol. The third-order valence-corrected chi connectivity index (χ3v) is 7.89. The maximum atomic E-state index is 2.44. The first-order valence-electron chi connectivity index (χ1n) is 15.0. The molecule has 0 aromatic heterocycles. The Hall–Kier alpha value is -1.60. The minimum absolute atomic E-state index is 0.509. The van der Waals surface area contributed by atoms with E-state index in [-0.39, 0.29) is 0 Å². The van der Waals surface area contributed by atoms with E-state index in [1.807, 2.05) is 0 Å². The van der Waals surface area contributed by atoms with Gasteiger partial charge in [0.25, 0.3) is 0 Å². The van der Waals surface area contributed by atoms with E-state index in [0.717, 1.165) is 10.9 Å². The molecule has 1 nitrogen and oxygen atoms in total. The zero-order valence-electron chi connectivity index (χ0n) is 23.5. The molecule has 0 radical (unpaired) electrons. The molecular weight excluding hydrogens is 422 g/mol. The van der Waals surface area contributed by atoms with Crippen LogP contribution in [0.4, 0.5) is 0 Å². The molecule has 2 rings (SSSR count). The van der Waals surface area contributed by atoms with Crippen molar-refractivity contribution in [3.8, 4) is 0 Å². The summed E-state index contributed by atoms with van der Waals surface area (Å²) < 4.78 is 1.07. The molecule has 0 fully saturated rings. The molecule has 0 aliphatic carbocycles. The quantitative estimate of drug-likeness (QED) is 0.124. The van der Waals surface area contributed by atoms with Crippen molar-refractivity contribution < 1.29 is 4.48 Å². The van der Waals surface area contributed by atoms with Gasteiger partial charge in [0, 0.05) is 12.0 Å². The van der Waals surface area contributed by atoms with Gasteiger partial charge in [-0.15, -0.1) is 0 Å². The highest BCUT2D eigenvalue weighted by Gasteiger charge is 2.29. The van der Waals surface area contributed by atoms with Crippen molar-refractivity contribution in [2.75, 3.05) is 20.6 Å². The van der Waals surface area contributed by atoms with Crippen LogP contribution >= 0.6 is 0 Å². The number of hydrogen-bond acceptors (Lipinski definition) is 0. The summed E-state index contributed by atoms with van der Waals surface area (Å²) in [7, 11) is 4.87. The van der Waals surface area contributed by atoms with Crippen LogP contribution in [-0.2, 0) is 6.42 Å². The molecule has 0 heterocycles. The summed E-state index contributed by atoms with van der Waals surface area (Å²) in [6.45, 7) is 3.56. The van der Waals surface area contributed by atoms with Crippen molar-refractivity contribution in [3.05, 3.63) is 71.8 Å². The normalized spacial score (nSPS) is 12.7. The molecule has 196 valence electrons. The lowest BCUT2D eigenvalue weighted by Gasteiger charge is -2.39. The largest absolute Gasteiger partial charge is 0.322 e. The molecule has 0 amide bonds. The van der Waals surface area contributed by atoms with Crippen LogP contribution in [0.15, 0.2) is 60.7 Å². The van der Waals surface area contributed by atoms with Gasteiger partial charge < -0.3 is 4.48 Å². The van der Waals surface area contributed by atoms with Crippen LogP contribution in [0.2, 0.25) is 0 Å². The molecule has 2 aromatic rings. The molecule has 1 unspecified atom stereocenters. The van der Waals surface area contributed by atoms with Crippen LogP contribution in [0.5, 0.6) is 0 Å². The van der Waals surface area contributed by atoms with Crippen molar-refractivity contribution in [1.82, 2.24) is 0 Å². The number of unbranched alkanes of at least 4 members (excludes halogenated alkanes) is 15. The fourth-order valence-electron chi connectivity index (χ4n) is 5.50. The summed E-state index contributed by atoms with van der Waals surface area (Å²) >= 11 is 0. The van der Waals surface area contributed by atoms with E-state index in [0.29, 0.717) is 6.04 Å². The topological polar surface area (TPSA) is 0 Å². The van der Waals surface area contributed by atoms with Crippen LogP contribution in [0.25, 0.3) is 0 Å². The van der Waals surface area contributed by atoms with Crippen LogP contribution in [-0.4, -0.2) is 25.1 Å². The summed E-state index contributed by atoms with van der Waals surface area (Å²) in [5.74, 6) is 0. The van der Waals surface area contributed by atoms with Gasteiger partial charge in [-0.25, -0.2) is 0 Å². The fraction of sp³-hybridized carbons (Fsp3) is 0.647. The fourth-order valence-corrected chi connectivity index (χ4v) is 5.50. The third kappa shape index (κ3) is 13.3. The van der Waals surface area contributed by atoms with Gasteiger partial charge in [-0.1, -0.05) is 157 Å². The predicted octanol–water partition coefficient (Wildman–Crippen LogP) is 10.3. The molecule has 0 bridgehead atoms. The highest BCUT2D eigenvalue weighted by Crippen LogP contribution is 2.30. The Balaban J connectivity index is 1.56. The molecule has 35 heavy (non-hydrogen) atoms. The zero-order valence-corrected chi connectivity index (χ0v) is 23.5. The first-order chi connectivity index (χ1) is 17.1. The minimum atomic E-state index is 0.509. The summed E-state index contributed by atoms with van der Waals surface area (Å²) in [6.07, 6.45) is 24.0. The molecule has 0 spiro atoms. The minimum Gasteiger partial charge on any atom is -0.322 e. The predicted molar refractivity (Wildman–Crippen MR) is 156 cm³/mol. The van der Waals surface area contributed by atoms with Crippen molar-refractivity contribution in [2.24, 2.45) is 0 Å². The number of nitrogens with zero attached hydrogens (tertiary/aromatic N) is 1. The van der Waals surface area contributed by atoms with Crippen molar-refractivity contribution in [2.45, 2.75) is 122 Å². The Morgan fingerprint density at radius 3 is 1.37 bits per heavy atom. The average Bonchev–Trinajstić information content (AvgIpc) is 2.88. The molecule has 0 aliphatic heterocycles. The number of likely N-dealkylation sites (N-methyl/N-ethyl adjacent to an activating group) is 1. The molecule has 0 saturated carbocycles. The van der Waals surface area contributed by atoms with Gasteiger partial charge in [0.05, 0.1) is 20.6 Å². The van der Waals surface area contributed by atoms with Crippen molar-refractivity contribution in [1.29, 1.82) is 0 Å². The summed E-state index contributed by atoms with van der Waals surface area (Å²) in [6, 6.07) is 22.7. The molecule has 0 aliphatic rings. The van der Waals surface area contributed by atoms with E-state index < -0.39 is 0 Å². The van der Waals surface area contributed by atoms with E-state index in [1.54, 1.807) is 0 Å². The maximum Gasteiger partial charge on any atom is 0.118 e. The third-order valence-electron chi connectivity index (χ3n) is 7.89. The van der Waals surface area contributed by atoms with Crippen LogP contribution in [0.3, 0.4) is 0 Å². The number of benzene rings is 2. The second-order valence-corrected chi connectivity index (χ2v) is 11.4. The van der Waals surface area contributed by atoms with Gasteiger partial charge in [-0.3, -0.25) is 0 Å². The number of rotatable bonds is 21. The van der Waals surface area contributed by atoms with Crippen molar-refractivity contribution in [3.63, 3.8) is 0 Å². The van der Waals surface area contributed by atoms with E-state index >= 15 is 0 Å². The Morgan fingerprint density at radius 1 is 0.514 bits per heavy atom. The highest BCUT2D eigenvalue weighted by molar-refractivity contribution is 5.22. The SMILES string of the molecule is CCCCCCCCCCCCCCCCCC[N+](C)(C)C(Cc1ccccc1)c1ccccc1. The molecule has 0 N–H and O–H groups in total. The van der Waals surface area contributed by atoms with Gasteiger partial charge in [0.1, 0.15) is 6.04 Å². The first kappa shape index (κ1) is 29.6. The second-order valence-electron chi connectivity index (χ2n) is 11.4. The van der Waals surface area contributed by atoms with Gasteiger partial charge in [0.2, 0.25) is 0 Å². The van der Waals surface area contributed by atoms with E-state index in [2.05, 4.69) is 81.7 Å². The van der Waals surface area contributed by atoms with Crippen LogP contribution in [0.1, 0.15) is 127 Å². The van der Waals surface area contributed by atoms with E-state index in [9.17, 15) is 0 Å². The van der Waals surface area contributed by atoms with Gasteiger partial charge in [-0.05, 0) is 18.4 Å². The Morgan fingerprint density at radius 2 is 0.914 bits per heavy atom. The van der Waals surface area contributed by atoms with Crippen molar-refractivity contribution >= 4 is 0 Å². The zero-order chi connectivity index (χ0) is 25.0. The smallest absolute Gasteiger partial charge is 0.118 e. The van der Waals surface area contributed by atoms with Gasteiger partial charge >= 0.3 is 0 Å². The lowest BCUT2D eigenvalue weighted by molar-refractivity contribution is -0.921. The molecule has 2 aromatic carbocycles. The maximum absolute atomic E-state index is 2.44. The second kappa shape index (κ2) is 18.6. The Labute approximate surface area is 218 Å². The average molecular weight is 479 g/mol.